The first-order valence-electron chi connectivity index (χ1n) is 8.91. The highest BCUT2D eigenvalue weighted by Crippen LogP contribution is 2.34. The highest BCUT2D eigenvalue weighted by molar-refractivity contribution is 5.90. The predicted molar refractivity (Wildman–Crippen MR) is 103 cm³/mol. The number of benzene rings is 2. The van der Waals surface area contributed by atoms with E-state index in [1.807, 2.05) is 31.3 Å². The summed E-state index contributed by atoms with van der Waals surface area (Å²) in [4.78, 5) is 15.4. The summed E-state index contributed by atoms with van der Waals surface area (Å²) >= 11 is 0. The van der Waals surface area contributed by atoms with Gasteiger partial charge in [-0.2, -0.15) is 0 Å². The van der Waals surface area contributed by atoms with E-state index in [-0.39, 0.29) is 12.8 Å². The number of aromatic amines is 1. The van der Waals surface area contributed by atoms with Gasteiger partial charge in [0.05, 0.1) is 6.61 Å². The molecular weight excluding hydrogens is 346 g/mol. The van der Waals surface area contributed by atoms with Crippen LogP contribution in [0.25, 0.3) is 10.9 Å². The average Bonchev–Trinajstić information content (AvgIpc) is 3.29. The molecule has 1 aliphatic heterocycles. The van der Waals surface area contributed by atoms with Gasteiger partial charge in [-0.1, -0.05) is 6.07 Å². The lowest BCUT2D eigenvalue weighted by molar-refractivity contribution is 0.174. The number of fused-ring (bicyclic) bond motifs is 2. The van der Waals surface area contributed by atoms with E-state index in [1.54, 1.807) is 18.2 Å². The monoisotopic (exact) mass is 367 g/mol. The third-order valence-corrected chi connectivity index (χ3v) is 4.36. The van der Waals surface area contributed by atoms with Crippen molar-refractivity contribution in [3.05, 3.63) is 48.2 Å². The number of amides is 2. The van der Waals surface area contributed by atoms with Crippen molar-refractivity contribution in [2.24, 2.45) is 0 Å². The van der Waals surface area contributed by atoms with Gasteiger partial charge in [0.2, 0.25) is 6.79 Å². The Morgan fingerprint density at radius 1 is 1.22 bits per heavy atom. The minimum absolute atomic E-state index is 0.208. The van der Waals surface area contributed by atoms with E-state index in [0.717, 1.165) is 22.2 Å². The molecule has 3 N–H and O–H groups in total. The molecule has 0 spiro atoms. The molecule has 0 fully saturated rings. The highest BCUT2D eigenvalue weighted by atomic mass is 16.7. The van der Waals surface area contributed by atoms with Crippen LogP contribution in [0.1, 0.15) is 12.5 Å². The standard InChI is InChI=1S/C20H21N3O4/c1-2-25-17-5-3-4-15-19(17)13(11-22-15)8-9-21-20(24)23-14-6-7-16-18(10-14)27-12-26-16/h3-7,10-11,22H,2,8-9,12H2,1H3,(H2,21,23,24). The van der Waals surface area contributed by atoms with Gasteiger partial charge in [-0.25, -0.2) is 4.79 Å². The van der Waals surface area contributed by atoms with E-state index in [9.17, 15) is 4.79 Å². The molecule has 140 valence electrons. The molecule has 3 aromatic rings. The Morgan fingerprint density at radius 2 is 2.11 bits per heavy atom. The van der Waals surface area contributed by atoms with Gasteiger partial charge in [-0.05, 0) is 43.2 Å². The number of urea groups is 1. The van der Waals surface area contributed by atoms with Crippen LogP contribution in [0.2, 0.25) is 0 Å². The van der Waals surface area contributed by atoms with Gasteiger partial charge >= 0.3 is 6.03 Å². The fourth-order valence-electron chi connectivity index (χ4n) is 3.15. The van der Waals surface area contributed by atoms with Crippen LogP contribution in [0.15, 0.2) is 42.6 Å². The van der Waals surface area contributed by atoms with E-state index in [0.29, 0.717) is 36.8 Å². The molecule has 7 nitrogen and oxygen atoms in total. The maximum absolute atomic E-state index is 12.1. The molecule has 7 heteroatoms. The van der Waals surface area contributed by atoms with Gasteiger partial charge in [0.25, 0.3) is 0 Å². The lowest BCUT2D eigenvalue weighted by Gasteiger charge is -2.09. The Labute approximate surface area is 156 Å². The number of carbonyl (C=O) groups is 1. The summed E-state index contributed by atoms with van der Waals surface area (Å²) in [5.74, 6) is 2.18. The molecule has 0 saturated carbocycles. The number of carbonyl (C=O) groups excluding carboxylic acids is 1. The number of rotatable bonds is 6. The van der Waals surface area contributed by atoms with Crippen molar-refractivity contribution >= 4 is 22.6 Å². The smallest absolute Gasteiger partial charge is 0.319 e. The summed E-state index contributed by atoms with van der Waals surface area (Å²) in [6.07, 6.45) is 2.66. The maximum Gasteiger partial charge on any atom is 0.319 e. The quantitative estimate of drug-likeness (QED) is 0.621. The van der Waals surface area contributed by atoms with Crippen LogP contribution in [0, 0.1) is 0 Å². The average molecular weight is 367 g/mol. The number of ether oxygens (including phenoxy) is 3. The molecule has 0 atom stereocenters. The summed E-state index contributed by atoms with van der Waals surface area (Å²) in [6, 6.07) is 11.0. The van der Waals surface area contributed by atoms with E-state index in [2.05, 4.69) is 15.6 Å². The Balaban J connectivity index is 1.36. The van der Waals surface area contributed by atoms with Crippen molar-refractivity contribution in [1.29, 1.82) is 0 Å². The van der Waals surface area contributed by atoms with Crippen LogP contribution in [-0.4, -0.2) is 31.0 Å². The van der Waals surface area contributed by atoms with E-state index < -0.39 is 0 Å². The molecule has 1 aliphatic rings. The Morgan fingerprint density at radius 3 is 3.00 bits per heavy atom. The van der Waals surface area contributed by atoms with Crippen molar-refractivity contribution in [2.75, 3.05) is 25.3 Å². The van der Waals surface area contributed by atoms with Crippen molar-refractivity contribution in [3.63, 3.8) is 0 Å². The van der Waals surface area contributed by atoms with E-state index >= 15 is 0 Å². The van der Waals surface area contributed by atoms with Gasteiger partial charge < -0.3 is 29.8 Å². The fraction of sp³-hybridized carbons (Fsp3) is 0.250. The number of hydrogen-bond donors (Lipinski definition) is 3. The molecule has 0 unspecified atom stereocenters. The molecule has 0 saturated heterocycles. The third kappa shape index (κ3) is 3.62. The SMILES string of the molecule is CCOc1cccc2[nH]cc(CCNC(=O)Nc3ccc4c(c3)OCO4)c12. The summed E-state index contributed by atoms with van der Waals surface area (Å²) in [6.45, 7) is 3.29. The number of aromatic nitrogens is 1. The van der Waals surface area contributed by atoms with Gasteiger partial charge in [0, 0.05) is 35.4 Å². The minimum atomic E-state index is -0.265. The van der Waals surface area contributed by atoms with Gasteiger partial charge in [0.1, 0.15) is 5.75 Å². The normalized spacial score (nSPS) is 12.2. The Hall–Kier alpha value is -3.35. The molecule has 0 bridgehead atoms. The number of nitrogens with one attached hydrogen (secondary N) is 3. The van der Waals surface area contributed by atoms with E-state index in [4.69, 9.17) is 14.2 Å². The molecule has 27 heavy (non-hydrogen) atoms. The maximum atomic E-state index is 12.1. The van der Waals surface area contributed by atoms with E-state index in [1.165, 1.54) is 0 Å². The molecule has 1 aromatic heterocycles. The lowest BCUT2D eigenvalue weighted by atomic mass is 10.1. The highest BCUT2D eigenvalue weighted by Gasteiger charge is 2.14. The molecule has 0 aliphatic carbocycles. The second-order valence-electron chi connectivity index (χ2n) is 6.12. The molecule has 2 amide bonds. The first kappa shape index (κ1) is 17.1. The number of H-pyrrole nitrogens is 1. The first-order valence-corrected chi connectivity index (χ1v) is 8.91. The van der Waals surface area contributed by atoms with Crippen LogP contribution < -0.4 is 24.8 Å². The molecule has 2 aromatic carbocycles. The van der Waals surface area contributed by atoms with Gasteiger partial charge in [-0.15, -0.1) is 0 Å². The minimum Gasteiger partial charge on any atom is -0.493 e. The Bertz CT molecular complexity index is 967. The lowest BCUT2D eigenvalue weighted by Crippen LogP contribution is -2.30. The number of hydrogen-bond acceptors (Lipinski definition) is 4. The molecule has 4 rings (SSSR count). The van der Waals surface area contributed by atoms with Gasteiger partial charge in [0.15, 0.2) is 11.5 Å². The predicted octanol–water partition coefficient (Wildman–Crippen LogP) is 3.66. The van der Waals surface area contributed by atoms with Crippen molar-refractivity contribution in [2.45, 2.75) is 13.3 Å². The fourth-order valence-corrected chi connectivity index (χ4v) is 3.15. The first-order chi connectivity index (χ1) is 13.2. The summed E-state index contributed by atoms with van der Waals surface area (Å²) < 4.78 is 16.3. The second kappa shape index (κ2) is 7.49. The van der Waals surface area contributed by atoms with Crippen LogP contribution in [0.5, 0.6) is 17.2 Å². The third-order valence-electron chi connectivity index (χ3n) is 4.36. The van der Waals surface area contributed by atoms with Crippen molar-refractivity contribution in [1.82, 2.24) is 10.3 Å². The van der Waals surface area contributed by atoms with Crippen LogP contribution >= 0.6 is 0 Å². The summed E-state index contributed by atoms with van der Waals surface area (Å²) in [5.41, 5.74) is 2.79. The topological polar surface area (TPSA) is 84.6 Å². The zero-order valence-corrected chi connectivity index (χ0v) is 15.0. The van der Waals surface area contributed by atoms with Gasteiger partial charge in [-0.3, -0.25) is 0 Å². The van der Waals surface area contributed by atoms with Crippen LogP contribution in [-0.2, 0) is 6.42 Å². The Kier molecular flexibility index (Phi) is 4.74. The van der Waals surface area contributed by atoms with Crippen LogP contribution in [0.3, 0.4) is 0 Å². The second-order valence-corrected chi connectivity index (χ2v) is 6.12. The number of anilines is 1. The molecule has 0 radical (unpaired) electrons. The summed E-state index contributed by atoms with van der Waals surface area (Å²) in [7, 11) is 0. The summed E-state index contributed by atoms with van der Waals surface area (Å²) in [5, 5.41) is 6.75. The zero-order valence-electron chi connectivity index (χ0n) is 15.0. The zero-order chi connectivity index (χ0) is 18.6. The molecular formula is C20H21N3O4. The molecule has 2 heterocycles. The largest absolute Gasteiger partial charge is 0.493 e. The van der Waals surface area contributed by atoms with Crippen molar-refractivity contribution < 1.29 is 19.0 Å². The van der Waals surface area contributed by atoms with Crippen molar-refractivity contribution in [3.8, 4) is 17.2 Å². The van der Waals surface area contributed by atoms with Crippen LogP contribution in [0.4, 0.5) is 10.5 Å².